The van der Waals surface area contributed by atoms with E-state index < -0.39 is 23.8 Å². The number of hydrogen-bond acceptors (Lipinski definition) is 7. The fourth-order valence-corrected chi connectivity index (χ4v) is 3.07. The molecule has 1 N–H and O–H groups in total. The maximum absolute atomic E-state index is 12.7. The molecule has 1 aromatic carbocycles. The lowest BCUT2D eigenvalue weighted by Gasteiger charge is -2.29. The number of benzene rings is 1. The first kappa shape index (κ1) is 23.2. The third kappa shape index (κ3) is 5.95. The summed E-state index contributed by atoms with van der Waals surface area (Å²) >= 11 is 0. The largest absolute Gasteiger partial charge is 0.503 e. The van der Waals surface area contributed by atoms with Crippen LogP contribution in [0.2, 0.25) is 0 Å². The van der Waals surface area contributed by atoms with Crippen molar-refractivity contribution in [2.24, 2.45) is 11.8 Å². The fraction of sp³-hybridized carbons (Fsp3) is 0.435. The van der Waals surface area contributed by atoms with Crippen molar-refractivity contribution in [2.75, 3.05) is 7.11 Å². The van der Waals surface area contributed by atoms with Gasteiger partial charge >= 0.3 is 5.97 Å². The van der Waals surface area contributed by atoms with E-state index in [2.05, 4.69) is 4.98 Å². The van der Waals surface area contributed by atoms with Crippen molar-refractivity contribution in [3.8, 4) is 17.2 Å². The van der Waals surface area contributed by atoms with Gasteiger partial charge in [-0.3, -0.25) is 9.59 Å². The summed E-state index contributed by atoms with van der Waals surface area (Å²) in [6.45, 7) is 7.34. The van der Waals surface area contributed by atoms with E-state index in [9.17, 15) is 14.7 Å². The number of ketones is 1. The van der Waals surface area contributed by atoms with Gasteiger partial charge in [0.2, 0.25) is 0 Å². The Kier molecular flexibility index (Phi) is 8.21. The number of carbonyl (C=O) groups excluding carboxylic acids is 2. The number of Topliss-reactive ketones (excluding diaryl/α,β-unsaturated/α-hetero) is 1. The summed E-state index contributed by atoms with van der Waals surface area (Å²) in [5, 5.41) is 10.1. The molecule has 0 saturated carbocycles. The third-order valence-corrected chi connectivity index (χ3v) is 4.70. The van der Waals surface area contributed by atoms with Gasteiger partial charge in [-0.15, -0.1) is 0 Å². The Balaban J connectivity index is 2.02. The molecule has 0 fully saturated rings. The van der Waals surface area contributed by atoms with E-state index in [1.54, 1.807) is 6.92 Å². The Labute approximate surface area is 177 Å². The first-order chi connectivity index (χ1) is 14.2. The molecule has 0 saturated heterocycles. The normalized spacial score (nSPS) is 13.9. The first-order valence-corrected chi connectivity index (χ1v) is 9.91. The van der Waals surface area contributed by atoms with Crippen LogP contribution in [-0.2, 0) is 9.53 Å². The highest BCUT2D eigenvalue weighted by molar-refractivity contribution is 5.99. The zero-order valence-electron chi connectivity index (χ0n) is 18.0. The molecule has 0 aliphatic carbocycles. The molecule has 3 atom stereocenters. The molecule has 0 bridgehead atoms. The van der Waals surface area contributed by atoms with Gasteiger partial charge < -0.3 is 19.3 Å². The summed E-state index contributed by atoms with van der Waals surface area (Å²) < 4.78 is 16.6. The van der Waals surface area contributed by atoms with Gasteiger partial charge in [0.1, 0.15) is 18.0 Å². The number of rotatable bonds is 10. The van der Waals surface area contributed by atoms with E-state index in [0.29, 0.717) is 5.75 Å². The second-order valence-electron chi connectivity index (χ2n) is 7.52. The van der Waals surface area contributed by atoms with Crippen molar-refractivity contribution >= 4 is 11.8 Å². The average molecular weight is 415 g/mol. The minimum absolute atomic E-state index is 0.0136. The van der Waals surface area contributed by atoms with E-state index in [-0.39, 0.29) is 35.6 Å². The molecule has 2 aromatic rings. The zero-order valence-corrected chi connectivity index (χ0v) is 18.0. The molecule has 7 nitrogen and oxygen atoms in total. The molecule has 162 valence electrons. The number of nitrogens with zero attached hydrogens (tertiary/aromatic N) is 1. The van der Waals surface area contributed by atoms with Gasteiger partial charge in [0.05, 0.1) is 13.0 Å². The molecule has 7 heteroatoms. The second kappa shape index (κ2) is 10.6. The molecule has 30 heavy (non-hydrogen) atoms. The van der Waals surface area contributed by atoms with Gasteiger partial charge in [0, 0.05) is 18.7 Å². The van der Waals surface area contributed by atoms with Crippen molar-refractivity contribution in [3.05, 3.63) is 48.3 Å². The molecular formula is C23H29NO6. The van der Waals surface area contributed by atoms with Gasteiger partial charge in [0.15, 0.2) is 23.0 Å². The van der Waals surface area contributed by atoms with Crippen LogP contribution in [0, 0.1) is 11.8 Å². The number of aromatic nitrogens is 1. The number of methoxy groups -OCH3 is 1. The molecule has 0 unspecified atom stereocenters. The smallest absolute Gasteiger partial charge is 0.309 e. The summed E-state index contributed by atoms with van der Waals surface area (Å²) in [5.74, 6) is -1.17. The molecule has 0 aliphatic heterocycles. The number of carbonyl (C=O) groups is 2. The number of pyridine rings is 1. The molecule has 0 aliphatic rings. The molecule has 2 rings (SSSR count). The molecule has 1 aromatic heterocycles. The van der Waals surface area contributed by atoms with Crippen molar-refractivity contribution in [2.45, 2.75) is 46.3 Å². The van der Waals surface area contributed by atoms with Crippen LogP contribution in [0.3, 0.4) is 0 Å². The second-order valence-corrected chi connectivity index (χ2v) is 7.52. The molecule has 0 spiro atoms. The SMILES string of the molecule is COc1ccnc(C(=O)C[C@@H](C)C(=O)O[C@H](C(C)C)[C@H](C)Oc2ccccc2)c1O. The Morgan fingerprint density at radius 3 is 2.33 bits per heavy atom. The van der Waals surface area contributed by atoms with Crippen molar-refractivity contribution in [1.29, 1.82) is 0 Å². The minimum Gasteiger partial charge on any atom is -0.503 e. The monoisotopic (exact) mass is 415 g/mol. The van der Waals surface area contributed by atoms with Crippen LogP contribution in [0.4, 0.5) is 0 Å². The maximum Gasteiger partial charge on any atom is 0.309 e. The number of hydrogen-bond donors (Lipinski definition) is 1. The number of ether oxygens (including phenoxy) is 3. The highest BCUT2D eigenvalue weighted by Gasteiger charge is 2.30. The lowest BCUT2D eigenvalue weighted by atomic mass is 10.00. The zero-order chi connectivity index (χ0) is 22.3. The quantitative estimate of drug-likeness (QED) is 0.462. The standard InChI is InChI=1S/C23H29NO6/c1-14(2)22(16(4)29-17-9-7-6-8-10-17)30-23(27)15(3)13-18(25)20-21(26)19(28-5)11-12-24-20/h6-12,14-16,22,26H,13H2,1-5H3/t15-,16+,22-/m1/s1. The molecule has 0 amide bonds. The first-order valence-electron chi connectivity index (χ1n) is 9.91. The van der Waals surface area contributed by atoms with E-state index in [4.69, 9.17) is 14.2 Å². The van der Waals surface area contributed by atoms with Gasteiger partial charge in [-0.2, -0.15) is 0 Å². The van der Waals surface area contributed by atoms with Crippen LogP contribution in [-0.4, -0.2) is 41.2 Å². The Hall–Kier alpha value is -3.09. The summed E-state index contributed by atoms with van der Waals surface area (Å²) in [4.78, 5) is 29.1. The van der Waals surface area contributed by atoms with Crippen LogP contribution in [0.25, 0.3) is 0 Å². The molecular weight excluding hydrogens is 386 g/mol. The highest BCUT2D eigenvalue weighted by atomic mass is 16.6. The average Bonchev–Trinajstić information content (AvgIpc) is 2.72. The molecule has 1 heterocycles. The van der Waals surface area contributed by atoms with Crippen LogP contribution in [0.15, 0.2) is 42.6 Å². The van der Waals surface area contributed by atoms with Crippen LogP contribution in [0.1, 0.15) is 44.6 Å². The van der Waals surface area contributed by atoms with Crippen molar-refractivity contribution in [3.63, 3.8) is 0 Å². The van der Waals surface area contributed by atoms with Crippen molar-refractivity contribution in [1.82, 2.24) is 4.98 Å². The van der Waals surface area contributed by atoms with Crippen LogP contribution < -0.4 is 9.47 Å². The minimum atomic E-state index is -0.713. The molecule has 0 radical (unpaired) electrons. The van der Waals surface area contributed by atoms with Crippen LogP contribution >= 0.6 is 0 Å². The third-order valence-electron chi connectivity index (χ3n) is 4.70. The lowest BCUT2D eigenvalue weighted by Crippen LogP contribution is -2.39. The van der Waals surface area contributed by atoms with Gasteiger partial charge in [0.25, 0.3) is 0 Å². The fourth-order valence-electron chi connectivity index (χ4n) is 3.07. The number of esters is 1. The summed E-state index contributed by atoms with van der Waals surface area (Å²) in [5.41, 5.74) is -0.129. The van der Waals surface area contributed by atoms with Gasteiger partial charge in [-0.1, -0.05) is 39.0 Å². The Morgan fingerprint density at radius 1 is 1.07 bits per heavy atom. The summed E-state index contributed by atoms with van der Waals surface area (Å²) in [6.07, 6.45) is 0.360. The van der Waals surface area contributed by atoms with E-state index in [1.165, 1.54) is 19.4 Å². The predicted molar refractivity (Wildman–Crippen MR) is 112 cm³/mol. The number of aromatic hydroxyl groups is 1. The number of para-hydroxylation sites is 1. The van der Waals surface area contributed by atoms with Crippen molar-refractivity contribution < 1.29 is 28.9 Å². The predicted octanol–water partition coefficient (Wildman–Crippen LogP) is 4.04. The Morgan fingerprint density at radius 2 is 1.73 bits per heavy atom. The summed E-state index contributed by atoms with van der Waals surface area (Å²) in [7, 11) is 1.38. The van der Waals surface area contributed by atoms with E-state index in [1.807, 2.05) is 51.1 Å². The summed E-state index contributed by atoms with van der Waals surface area (Å²) in [6, 6.07) is 10.8. The van der Waals surface area contributed by atoms with Gasteiger partial charge in [-0.25, -0.2) is 4.98 Å². The van der Waals surface area contributed by atoms with Gasteiger partial charge in [-0.05, 0) is 25.0 Å². The van der Waals surface area contributed by atoms with E-state index in [0.717, 1.165) is 0 Å². The maximum atomic E-state index is 12.7. The Bertz CT molecular complexity index is 852. The highest BCUT2D eigenvalue weighted by Crippen LogP contribution is 2.29. The van der Waals surface area contributed by atoms with Crippen LogP contribution in [0.5, 0.6) is 17.2 Å². The van der Waals surface area contributed by atoms with E-state index >= 15 is 0 Å². The topological polar surface area (TPSA) is 95.0 Å². The lowest BCUT2D eigenvalue weighted by molar-refractivity contribution is -0.161.